The van der Waals surface area contributed by atoms with E-state index in [1.165, 1.54) is 24.7 Å². The first-order valence-electron chi connectivity index (χ1n) is 5.89. The van der Waals surface area contributed by atoms with Gasteiger partial charge >= 0.3 is 5.97 Å². The number of ether oxygens (including phenoxy) is 1. The highest BCUT2D eigenvalue weighted by Gasteiger charge is 2.14. The standard InChI is InChI=1S/C13H11N3O5/c1-8-2-3-9(16(19)20)4-12(8)21-6-11-10(13(17)18)5-14-7-15-11/h2-5,7H,6H2,1H3,(H,17,18). The summed E-state index contributed by atoms with van der Waals surface area (Å²) >= 11 is 0. The molecule has 2 aromatic rings. The van der Waals surface area contributed by atoms with Crippen molar-refractivity contribution in [3.05, 3.63) is 57.7 Å². The number of nitro benzene ring substituents is 1. The van der Waals surface area contributed by atoms with Crippen LogP contribution in [0.4, 0.5) is 5.69 Å². The van der Waals surface area contributed by atoms with Crippen molar-refractivity contribution in [3.63, 3.8) is 0 Å². The van der Waals surface area contributed by atoms with Gasteiger partial charge in [0.2, 0.25) is 0 Å². The zero-order valence-corrected chi connectivity index (χ0v) is 11.0. The molecule has 0 spiro atoms. The second-order valence-electron chi connectivity index (χ2n) is 4.18. The summed E-state index contributed by atoms with van der Waals surface area (Å²) < 4.78 is 5.45. The van der Waals surface area contributed by atoms with Crippen molar-refractivity contribution in [2.75, 3.05) is 0 Å². The number of aromatic carboxylic acids is 1. The second kappa shape index (κ2) is 5.95. The molecular weight excluding hydrogens is 278 g/mol. The Kier molecular flexibility index (Phi) is 4.07. The Hall–Kier alpha value is -3.03. The topological polar surface area (TPSA) is 115 Å². The molecule has 0 saturated carbocycles. The van der Waals surface area contributed by atoms with Gasteiger partial charge in [0, 0.05) is 12.3 Å². The third kappa shape index (κ3) is 3.30. The number of hydrogen-bond acceptors (Lipinski definition) is 6. The van der Waals surface area contributed by atoms with E-state index in [0.717, 1.165) is 0 Å². The van der Waals surface area contributed by atoms with E-state index in [-0.39, 0.29) is 23.6 Å². The van der Waals surface area contributed by atoms with Gasteiger partial charge in [-0.25, -0.2) is 14.8 Å². The number of benzene rings is 1. The molecule has 1 heterocycles. The number of rotatable bonds is 5. The van der Waals surface area contributed by atoms with Gasteiger partial charge in [0.05, 0.1) is 16.7 Å². The van der Waals surface area contributed by atoms with Crippen molar-refractivity contribution in [3.8, 4) is 5.75 Å². The van der Waals surface area contributed by atoms with Crippen LogP contribution >= 0.6 is 0 Å². The molecule has 0 aliphatic carbocycles. The lowest BCUT2D eigenvalue weighted by Crippen LogP contribution is -2.09. The van der Waals surface area contributed by atoms with Crippen LogP contribution in [0.25, 0.3) is 0 Å². The largest absolute Gasteiger partial charge is 0.487 e. The van der Waals surface area contributed by atoms with Crippen molar-refractivity contribution >= 4 is 11.7 Å². The van der Waals surface area contributed by atoms with Crippen LogP contribution in [0, 0.1) is 17.0 Å². The number of carboxylic acid groups (broad SMARTS) is 1. The van der Waals surface area contributed by atoms with Crippen molar-refractivity contribution in [1.29, 1.82) is 0 Å². The van der Waals surface area contributed by atoms with Crippen molar-refractivity contribution in [1.82, 2.24) is 9.97 Å². The highest BCUT2D eigenvalue weighted by atomic mass is 16.6. The molecule has 0 atom stereocenters. The highest BCUT2D eigenvalue weighted by molar-refractivity contribution is 5.88. The third-order valence-corrected chi connectivity index (χ3v) is 2.77. The molecule has 0 saturated heterocycles. The summed E-state index contributed by atoms with van der Waals surface area (Å²) in [6.45, 7) is 1.61. The maximum absolute atomic E-state index is 11.0. The molecule has 108 valence electrons. The van der Waals surface area contributed by atoms with Gasteiger partial charge in [0.15, 0.2) is 0 Å². The number of nitro groups is 1. The molecule has 21 heavy (non-hydrogen) atoms. The molecule has 0 aliphatic heterocycles. The first-order valence-corrected chi connectivity index (χ1v) is 5.89. The predicted molar refractivity (Wildman–Crippen MR) is 71.2 cm³/mol. The smallest absolute Gasteiger partial charge is 0.339 e. The molecule has 0 bridgehead atoms. The number of hydrogen-bond donors (Lipinski definition) is 1. The number of carbonyl (C=O) groups is 1. The van der Waals surface area contributed by atoms with Gasteiger partial charge < -0.3 is 9.84 Å². The normalized spacial score (nSPS) is 10.1. The molecule has 0 amide bonds. The number of non-ortho nitro benzene ring substituents is 1. The van der Waals surface area contributed by atoms with E-state index in [2.05, 4.69) is 9.97 Å². The van der Waals surface area contributed by atoms with Crippen LogP contribution in [0.1, 0.15) is 21.6 Å². The molecule has 0 fully saturated rings. The fourth-order valence-corrected chi connectivity index (χ4v) is 1.65. The van der Waals surface area contributed by atoms with E-state index >= 15 is 0 Å². The average molecular weight is 289 g/mol. The first-order chi connectivity index (χ1) is 9.99. The van der Waals surface area contributed by atoms with E-state index < -0.39 is 10.9 Å². The zero-order chi connectivity index (χ0) is 15.4. The molecular formula is C13H11N3O5. The summed E-state index contributed by atoms with van der Waals surface area (Å²) in [5, 5.41) is 19.7. The van der Waals surface area contributed by atoms with Crippen LogP contribution in [0.5, 0.6) is 5.75 Å². The maximum Gasteiger partial charge on any atom is 0.339 e. The van der Waals surface area contributed by atoms with Crippen LogP contribution in [0.3, 0.4) is 0 Å². The van der Waals surface area contributed by atoms with E-state index in [4.69, 9.17) is 9.84 Å². The molecule has 1 N–H and O–H groups in total. The SMILES string of the molecule is Cc1ccc([N+](=O)[O-])cc1OCc1ncncc1C(=O)O. The predicted octanol–water partition coefficient (Wildman–Crippen LogP) is 1.97. The third-order valence-electron chi connectivity index (χ3n) is 2.77. The van der Waals surface area contributed by atoms with Crippen LogP contribution in [-0.4, -0.2) is 26.0 Å². The molecule has 0 unspecified atom stereocenters. The Morgan fingerprint density at radius 1 is 1.48 bits per heavy atom. The Bertz CT molecular complexity index is 702. The van der Waals surface area contributed by atoms with E-state index in [1.54, 1.807) is 13.0 Å². The van der Waals surface area contributed by atoms with Gasteiger partial charge in [0.1, 0.15) is 24.2 Å². The van der Waals surface area contributed by atoms with Gasteiger partial charge in [-0.1, -0.05) is 0 Å². The zero-order valence-electron chi connectivity index (χ0n) is 11.0. The van der Waals surface area contributed by atoms with Crippen LogP contribution in [-0.2, 0) is 6.61 Å². The van der Waals surface area contributed by atoms with Crippen LogP contribution in [0.15, 0.2) is 30.7 Å². The Morgan fingerprint density at radius 2 is 2.24 bits per heavy atom. The summed E-state index contributed by atoms with van der Waals surface area (Å²) in [6.07, 6.45) is 2.39. The van der Waals surface area contributed by atoms with E-state index in [1.807, 2.05) is 0 Å². The molecule has 8 nitrogen and oxygen atoms in total. The van der Waals surface area contributed by atoms with Gasteiger partial charge in [0.25, 0.3) is 5.69 Å². The second-order valence-corrected chi connectivity index (χ2v) is 4.18. The van der Waals surface area contributed by atoms with Gasteiger partial charge in [-0.2, -0.15) is 0 Å². The first kappa shape index (κ1) is 14.4. The maximum atomic E-state index is 11.0. The Morgan fingerprint density at radius 3 is 2.90 bits per heavy atom. The fourth-order valence-electron chi connectivity index (χ4n) is 1.65. The van der Waals surface area contributed by atoms with Crippen LogP contribution < -0.4 is 4.74 Å². The number of aromatic nitrogens is 2. The summed E-state index contributed by atoms with van der Waals surface area (Å²) in [6, 6.07) is 4.22. The molecule has 2 rings (SSSR count). The monoisotopic (exact) mass is 289 g/mol. The Labute approximate surface area is 119 Å². The van der Waals surface area contributed by atoms with Crippen molar-refractivity contribution in [2.45, 2.75) is 13.5 Å². The quantitative estimate of drug-likeness (QED) is 0.660. The minimum Gasteiger partial charge on any atom is -0.487 e. The van der Waals surface area contributed by atoms with E-state index in [0.29, 0.717) is 11.3 Å². The van der Waals surface area contributed by atoms with Gasteiger partial charge in [-0.15, -0.1) is 0 Å². The van der Waals surface area contributed by atoms with Crippen LogP contribution in [0.2, 0.25) is 0 Å². The summed E-state index contributed by atoms with van der Waals surface area (Å²) in [7, 11) is 0. The van der Waals surface area contributed by atoms with E-state index in [9.17, 15) is 14.9 Å². The van der Waals surface area contributed by atoms with Gasteiger partial charge in [-0.3, -0.25) is 10.1 Å². The minimum atomic E-state index is -1.16. The molecule has 1 aromatic heterocycles. The van der Waals surface area contributed by atoms with Crippen molar-refractivity contribution in [2.24, 2.45) is 0 Å². The molecule has 0 radical (unpaired) electrons. The summed E-state index contributed by atoms with van der Waals surface area (Å²) in [4.78, 5) is 28.7. The highest BCUT2D eigenvalue weighted by Crippen LogP contribution is 2.24. The lowest BCUT2D eigenvalue weighted by atomic mass is 10.2. The average Bonchev–Trinajstić information content (AvgIpc) is 2.46. The lowest BCUT2D eigenvalue weighted by molar-refractivity contribution is -0.385. The number of aryl methyl sites for hydroxylation is 1. The number of carboxylic acids is 1. The van der Waals surface area contributed by atoms with Crippen molar-refractivity contribution < 1.29 is 19.6 Å². The number of nitrogens with zero attached hydrogens (tertiary/aromatic N) is 3. The lowest BCUT2D eigenvalue weighted by Gasteiger charge is -2.09. The molecule has 8 heteroatoms. The summed E-state index contributed by atoms with van der Waals surface area (Å²) in [5.74, 6) is -0.857. The summed E-state index contributed by atoms with van der Waals surface area (Å²) in [5.41, 5.74) is 0.729. The Balaban J connectivity index is 2.22. The van der Waals surface area contributed by atoms with Gasteiger partial charge in [-0.05, 0) is 18.6 Å². The molecule has 0 aliphatic rings. The molecule has 1 aromatic carbocycles. The fraction of sp³-hybridized carbons (Fsp3) is 0.154. The minimum absolute atomic E-state index is 0.0689.